The van der Waals surface area contributed by atoms with Crippen LogP contribution < -0.4 is 4.90 Å². The Hall–Kier alpha value is -3.15. The molecule has 0 amide bonds. The summed E-state index contributed by atoms with van der Waals surface area (Å²) in [6, 6.07) is 28.1. The molecule has 0 unspecified atom stereocenters. The molecule has 2 fully saturated rings. The van der Waals surface area contributed by atoms with Crippen molar-refractivity contribution in [3.63, 3.8) is 0 Å². The number of para-hydroxylation sites is 1. The number of hydrogen-bond donors (Lipinski definition) is 0. The van der Waals surface area contributed by atoms with Crippen LogP contribution in [0.5, 0.6) is 0 Å². The molecule has 4 nitrogen and oxygen atoms in total. The zero-order valence-electron chi connectivity index (χ0n) is 19.6. The first-order valence-electron chi connectivity index (χ1n) is 12.6. The molecular weight excluding hydrogens is 448 g/mol. The molecule has 0 N–H and O–H groups in total. The Kier molecular flexibility index (Phi) is 5.33. The highest BCUT2D eigenvalue weighted by molar-refractivity contribution is 7.99. The number of hydrogen-bond acceptors (Lipinski definition) is 5. The minimum atomic E-state index is 0.512. The molecule has 0 radical (unpaired) electrons. The van der Waals surface area contributed by atoms with Gasteiger partial charge in [0.2, 0.25) is 0 Å². The van der Waals surface area contributed by atoms with Gasteiger partial charge in [-0.2, -0.15) is 0 Å². The SMILES string of the molecule is c1ccc(CN2[C@@H]3CC[C@H]2C[C@@H](N2c4ccccc4Sc4cc(-c5cccnc5)ccc42)C3)nc1. The second-order valence-corrected chi connectivity index (χ2v) is 11.0. The van der Waals surface area contributed by atoms with E-state index in [0.29, 0.717) is 18.1 Å². The van der Waals surface area contributed by atoms with Crippen LogP contribution in [0.15, 0.2) is 101 Å². The van der Waals surface area contributed by atoms with E-state index in [4.69, 9.17) is 0 Å². The molecule has 3 aliphatic rings. The number of pyridine rings is 2. The van der Waals surface area contributed by atoms with Gasteiger partial charge in [-0.1, -0.05) is 42.1 Å². The first-order chi connectivity index (χ1) is 17.3. The highest BCUT2D eigenvalue weighted by Crippen LogP contribution is 2.52. The van der Waals surface area contributed by atoms with Crippen LogP contribution in [0.2, 0.25) is 0 Å². The first kappa shape index (κ1) is 21.2. The fourth-order valence-corrected chi connectivity index (χ4v) is 7.40. The molecule has 2 aromatic carbocycles. The quantitative estimate of drug-likeness (QED) is 0.318. The number of rotatable bonds is 4. The Labute approximate surface area is 211 Å². The molecule has 35 heavy (non-hydrogen) atoms. The van der Waals surface area contributed by atoms with E-state index in [2.05, 4.69) is 80.4 Å². The third-order valence-electron chi connectivity index (χ3n) is 7.85. The van der Waals surface area contributed by atoms with E-state index >= 15 is 0 Å². The molecule has 3 aliphatic heterocycles. The van der Waals surface area contributed by atoms with E-state index in [1.807, 2.05) is 42.5 Å². The van der Waals surface area contributed by atoms with Gasteiger partial charge >= 0.3 is 0 Å². The van der Waals surface area contributed by atoms with Crippen molar-refractivity contribution in [2.24, 2.45) is 0 Å². The number of aromatic nitrogens is 2. The van der Waals surface area contributed by atoms with Crippen LogP contribution in [0.25, 0.3) is 11.1 Å². The third-order valence-corrected chi connectivity index (χ3v) is 8.97. The summed E-state index contributed by atoms with van der Waals surface area (Å²) in [4.78, 5) is 17.0. The van der Waals surface area contributed by atoms with Gasteiger partial charge in [-0.05, 0) is 73.7 Å². The van der Waals surface area contributed by atoms with Crippen molar-refractivity contribution < 1.29 is 0 Å². The number of anilines is 2. The van der Waals surface area contributed by atoms with Gasteiger partial charge in [0.1, 0.15) is 0 Å². The topological polar surface area (TPSA) is 32.3 Å². The predicted molar refractivity (Wildman–Crippen MR) is 142 cm³/mol. The molecule has 0 saturated carbocycles. The molecule has 5 heterocycles. The van der Waals surface area contributed by atoms with Crippen LogP contribution in [0.3, 0.4) is 0 Å². The molecule has 0 aliphatic carbocycles. The smallest absolute Gasteiger partial charge is 0.0555 e. The van der Waals surface area contributed by atoms with Crippen molar-refractivity contribution in [2.45, 2.75) is 60.1 Å². The van der Waals surface area contributed by atoms with Crippen LogP contribution in [-0.4, -0.2) is 33.0 Å². The van der Waals surface area contributed by atoms with Crippen molar-refractivity contribution in [1.29, 1.82) is 0 Å². The second kappa shape index (κ2) is 8.81. The van der Waals surface area contributed by atoms with Crippen LogP contribution in [0, 0.1) is 0 Å². The largest absolute Gasteiger partial charge is 0.336 e. The Balaban J connectivity index is 1.22. The minimum absolute atomic E-state index is 0.512. The zero-order valence-corrected chi connectivity index (χ0v) is 20.4. The lowest BCUT2D eigenvalue weighted by molar-refractivity contribution is 0.118. The summed E-state index contributed by atoms with van der Waals surface area (Å²) >= 11 is 1.90. The minimum Gasteiger partial charge on any atom is -0.336 e. The van der Waals surface area contributed by atoms with Gasteiger partial charge in [-0.25, -0.2) is 0 Å². The van der Waals surface area contributed by atoms with Crippen molar-refractivity contribution >= 4 is 23.1 Å². The fourth-order valence-electron chi connectivity index (χ4n) is 6.29. The lowest BCUT2D eigenvalue weighted by Gasteiger charge is -2.46. The number of benzene rings is 2. The van der Waals surface area contributed by atoms with Gasteiger partial charge in [0.25, 0.3) is 0 Å². The average molecular weight is 477 g/mol. The van der Waals surface area contributed by atoms with Gasteiger partial charge in [0.05, 0.1) is 17.1 Å². The van der Waals surface area contributed by atoms with Crippen LogP contribution >= 0.6 is 11.8 Å². The van der Waals surface area contributed by atoms with Crippen molar-refractivity contribution in [2.75, 3.05) is 4.90 Å². The third kappa shape index (κ3) is 3.83. The lowest BCUT2D eigenvalue weighted by Crippen LogP contribution is -2.49. The highest BCUT2D eigenvalue weighted by atomic mass is 32.2. The molecule has 4 aromatic rings. The normalized spacial score (nSPS) is 23.1. The first-order valence-corrected chi connectivity index (χ1v) is 13.4. The van der Waals surface area contributed by atoms with E-state index in [9.17, 15) is 0 Å². The lowest BCUT2D eigenvalue weighted by atomic mass is 9.94. The standard InChI is InChI=1S/C30H28N4S/c1-2-9-29-27(8-1)34(28-13-10-21(16-30(28)35-29)22-6-5-14-31-19-22)26-17-24-11-12-25(18-26)33(24)20-23-7-3-4-15-32-23/h1-10,13-16,19,24-26H,11-12,17-18,20H2/t24-,25+,26+. The van der Waals surface area contributed by atoms with Crippen molar-refractivity contribution in [3.05, 3.63) is 97.1 Å². The maximum Gasteiger partial charge on any atom is 0.0555 e. The Bertz CT molecular complexity index is 1330. The van der Waals surface area contributed by atoms with Gasteiger partial charge < -0.3 is 4.90 Å². The summed E-state index contributed by atoms with van der Waals surface area (Å²) in [5, 5.41) is 0. The van der Waals surface area contributed by atoms with Gasteiger partial charge in [-0.3, -0.25) is 14.9 Å². The molecule has 2 saturated heterocycles. The highest BCUT2D eigenvalue weighted by Gasteiger charge is 2.44. The van der Waals surface area contributed by atoms with Crippen LogP contribution in [0.4, 0.5) is 11.4 Å². The maximum absolute atomic E-state index is 4.61. The number of piperidine rings is 1. The summed E-state index contributed by atoms with van der Waals surface area (Å²) < 4.78 is 0. The molecule has 174 valence electrons. The van der Waals surface area contributed by atoms with E-state index in [1.165, 1.54) is 63.7 Å². The van der Waals surface area contributed by atoms with E-state index in [1.54, 1.807) is 0 Å². The summed E-state index contributed by atoms with van der Waals surface area (Å²) in [6.07, 6.45) is 10.7. The molecule has 0 spiro atoms. The summed E-state index contributed by atoms with van der Waals surface area (Å²) in [7, 11) is 0. The van der Waals surface area contributed by atoms with Crippen LogP contribution in [0.1, 0.15) is 31.4 Å². The van der Waals surface area contributed by atoms with E-state index in [-0.39, 0.29) is 0 Å². The monoisotopic (exact) mass is 476 g/mol. The molecule has 5 heteroatoms. The maximum atomic E-state index is 4.61. The summed E-state index contributed by atoms with van der Waals surface area (Å²) in [5.74, 6) is 0. The predicted octanol–water partition coefficient (Wildman–Crippen LogP) is 6.94. The molecule has 2 aromatic heterocycles. The van der Waals surface area contributed by atoms with Crippen molar-refractivity contribution in [3.8, 4) is 11.1 Å². The number of fused-ring (bicyclic) bond motifs is 4. The van der Waals surface area contributed by atoms with Gasteiger partial charge in [0, 0.05) is 58.6 Å². The molecule has 2 bridgehead atoms. The summed E-state index contributed by atoms with van der Waals surface area (Å²) in [6.45, 7) is 0.973. The van der Waals surface area contributed by atoms with Gasteiger partial charge in [-0.15, -0.1) is 0 Å². The molecule has 3 atom stereocenters. The van der Waals surface area contributed by atoms with Crippen molar-refractivity contribution in [1.82, 2.24) is 14.9 Å². The number of nitrogens with zero attached hydrogens (tertiary/aromatic N) is 4. The molecular formula is C30H28N4S. The average Bonchev–Trinajstić information content (AvgIpc) is 3.14. The Morgan fingerprint density at radius 3 is 2.37 bits per heavy atom. The van der Waals surface area contributed by atoms with Crippen LogP contribution in [-0.2, 0) is 6.54 Å². The second-order valence-electron chi connectivity index (χ2n) is 9.87. The Morgan fingerprint density at radius 2 is 1.57 bits per heavy atom. The van der Waals surface area contributed by atoms with E-state index in [0.717, 1.165) is 6.54 Å². The Morgan fingerprint density at radius 1 is 0.743 bits per heavy atom. The zero-order chi connectivity index (χ0) is 23.2. The summed E-state index contributed by atoms with van der Waals surface area (Å²) in [5.41, 5.74) is 6.30. The fraction of sp³-hybridized carbons (Fsp3) is 0.267. The molecule has 7 rings (SSSR count). The van der Waals surface area contributed by atoms with Gasteiger partial charge in [0.15, 0.2) is 0 Å². The van der Waals surface area contributed by atoms with E-state index < -0.39 is 0 Å².